The molecular formula is C14H22IN3S2. The van der Waals surface area contributed by atoms with Gasteiger partial charge in [0.2, 0.25) is 0 Å². The molecule has 1 aliphatic rings. The van der Waals surface area contributed by atoms with E-state index in [0.29, 0.717) is 5.96 Å². The summed E-state index contributed by atoms with van der Waals surface area (Å²) in [7, 11) is 0. The fourth-order valence-corrected chi connectivity index (χ4v) is 3.30. The number of rotatable bonds is 4. The van der Waals surface area contributed by atoms with Gasteiger partial charge in [-0.3, -0.25) is 4.99 Å². The zero-order valence-corrected chi connectivity index (χ0v) is 15.7. The van der Waals surface area contributed by atoms with E-state index < -0.39 is 0 Å². The SMILES string of the molecule is CSc1ccc(CCN=C(N)N2CCSCC2)cc1.I. The summed E-state index contributed by atoms with van der Waals surface area (Å²) >= 11 is 3.75. The van der Waals surface area contributed by atoms with Crippen LogP contribution in [-0.2, 0) is 6.42 Å². The van der Waals surface area contributed by atoms with Crippen molar-refractivity contribution in [3.05, 3.63) is 29.8 Å². The molecule has 0 saturated carbocycles. The van der Waals surface area contributed by atoms with Crippen molar-refractivity contribution in [1.29, 1.82) is 0 Å². The van der Waals surface area contributed by atoms with Gasteiger partial charge in [0.05, 0.1) is 0 Å². The third-order valence-electron chi connectivity index (χ3n) is 3.17. The standard InChI is InChI=1S/C14H21N3S2.HI/c1-18-13-4-2-12(3-5-13)6-7-16-14(15)17-8-10-19-11-9-17;/h2-5H,6-11H2,1H3,(H2,15,16);1H. The van der Waals surface area contributed by atoms with Crippen LogP contribution < -0.4 is 5.73 Å². The predicted octanol–water partition coefficient (Wildman–Crippen LogP) is 2.93. The first kappa shape index (κ1) is 18.0. The maximum Gasteiger partial charge on any atom is 0.191 e. The van der Waals surface area contributed by atoms with Gasteiger partial charge in [0.25, 0.3) is 0 Å². The molecule has 0 aromatic heterocycles. The molecule has 0 radical (unpaired) electrons. The number of halogens is 1. The van der Waals surface area contributed by atoms with E-state index in [9.17, 15) is 0 Å². The third-order valence-corrected chi connectivity index (χ3v) is 4.85. The number of thioether (sulfide) groups is 2. The van der Waals surface area contributed by atoms with Crippen molar-refractivity contribution in [1.82, 2.24) is 4.90 Å². The summed E-state index contributed by atoms with van der Waals surface area (Å²) in [6.45, 7) is 2.83. The van der Waals surface area contributed by atoms with E-state index in [4.69, 9.17) is 5.73 Å². The molecule has 112 valence electrons. The highest BCUT2D eigenvalue weighted by atomic mass is 127. The first-order valence-corrected chi connectivity index (χ1v) is 8.93. The van der Waals surface area contributed by atoms with Crippen LogP contribution in [0.15, 0.2) is 34.2 Å². The van der Waals surface area contributed by atoms with Gasteiger partial charge in [0.1, 0.15) is 0 Å². The molecule has 0 bridgehead atoms. The number of aliphatic imine (C=N–C) groups is 1. The molecular weight excluding hydrogens is 401 g/mol. The average Bonchev–Trinajstić information content (AvgIpc) is 2.49. The van der Waals surface area contributed by atoms with Gasteiger partial charge in [-0.2, -0.15) is 11.8 Å². The topological polar surface area (TPSA) is 41.6 Å². The molecule has 1 aromatic rings. The van der Waals surface area contributed by atoms with Crippen LogP contribution in [0.4, 0.5) is 0 Å². The Bertz CT molecular complexity index is 417. The summed E-state index contributed by atoms with van der Waals surface area (Å²) in [5.41, 5.74) is 7.34. The fourth-order valence-electron chi connectivity index (χ4n) is 1.98. The molecule has 0 unspecified atom stereocenters. The van der Waals surface area contributed by atoms with Gasteiger partial charge in [-0.15, -0.1) is 35.7 Å². The van der Waals surface area contributed by atoms with E-state index in [2.05, 4.69) is 40.4 Å². The second-order valence-electron chi connectivity index (χ2n) is 4.44. The van der Waals surface area contributed by atoms with Gasteiger partial charge < -0.3 is 10.6 Å². The maximum absolute atomic E-state index is 6.02. The molecule has 2 rings (SSSR count). The Morgan fingerprint density at radius 2 is 1.95 bits per heavy atom. The van der Waals surface area contributed by atoms with Crippen molar-refractivity contribution >= 4 is 53.5 Å². The molecule has 0 aliphatic carbocycles. The van der Waals surface area contributed by atoms with Crippen molar-refractivity contribution in [2.45, 2.75) is 11.3 Å². The quantitative estimate of drug-likeness (QED) is 0.350. The maximum atomic E-state index is 6.02. The highest BCUT2D eigenvalue weighted by molar-refractivity contribution is 14.0. The molecule has 1 saturated heterocycles. The van der Waals surface area contributed by atoms with E-state index in [1.54, 1.807) is 11.8 Å². The number of hydrogen-bond acceptors (Lipinski definition) is 3. The fraction of sp³-hybridized carbons (Fsp3) is 0.500. The van der Waals surface area contributed by atoms with Gasteiger partial charge in [0, 0.05) is 36.0 Å². The smallest absolute Gasteiger partial charge is 0.191 e. The first-order chi connectivity index (χ1) is 9.29. The normalized spacial score (nSPS) is 15.8. The van der Waals surface area contributed by atoms with Gasteiger partial charge in [-0.05, 0) is 30.4 Å². The van der Waals surface area contributed by atoms with Crippen LogP contribution in [0.25, 0.3) is 0 Å². The molecule has 1 aromatic carbocycles. The number of nitrogens with zero attached hydrogens (tertiary/aromatic N) is 2. The van der Waals surface area contributed by atoms with Crippen LogP contribution in [0.3, 0.4) is 0 Å². The lowest BCUT2D eigenvalue weighted by molar-refractivity contribution is 0.456. The Labute approximate surface area is 147 Å². The number of hydrogen-bond donors (Lipinski definition) is 1. The van der Waals surface area contributed by atoms with Crippen LogP contribution in [0.5, 0.6) is 0 Å². The van der Waals surface area contributed by atoms with Crippen LogP contribution in [0.1, 0.15) is 5.56 Å². The first-order valence-electron chi connectivity index (χ1n) is 6.55. The number of guanidine groups is 1. The van der Waals surface area contributed by atoms with Gasteiger partial charge >= 0.3 is 0 Å². The summed E-state index contributed by atoms with van der Waals surface area (Å²) in [5.74, 6) is 3.03. The molecule has 20 heavy (non-hydrogen) atoms. The molecule has 1 aliphatic heterocycles. The molecule has 0 amide bonds. The van der Waals surface area contributed by atoms with Gasteiger partial charge in [-0.25, -0.2) is 0 Å². The average molecular weight is 423 g/mol. The summed E-state index contributed by atoms with van der Waals surface area (Å²) in [5, 5.41) is 0. The van der Waals surface area contributed by atoms with Crippen molar-refractivity contribution in [2.75, 3.05) is 37.4 Å². The highest BCUT2D eigenvalue weighted by Gasteiger charge is 2.11. The van der Waals surface area contributed by atoms with Crippen molar-refractivity contribution in [3.8, 4) is 0 Å². The molecule has 2 N–H and O–H groups in total. The summed E-state index contributed by atoms with van der Waals surface area (Å²) in [6, 6.07) is 8.67. The van der Waals surface area contributed by atoms with Crippen LogP contribution in [0.2, 0.25) is 0 Å². The predicted molar refractivity (Wildman–Crippen MR) is 103 cm³/mol. The Balaban J connectivity index is 0.00000200. The molecule has 6 heteroatoms. The lowest BCUT2D eigenvalue weighted by Crippen LogP contribution is -2.42. The van der Waals surface area contributed by atoms with Crippen LogP contribution >= 0.6 is 47.5 Å². The lowest BCUT2D eigenvalue weighted by Gasteiger charge is -2.27. The Hall–Kier alpha value is -0.0800. The van der Waals surface area contributed by atoms with E-state index in [1.807, 2.05) is 11.8 Å². The number of benzene rings is 1. The highest BCUT2D eigenvalue weighted by Crippen LogP contribution is 2.15. The largest absolute Gasteiger partial charge is 0.370 e. The number of nitrogens with two attached hydrogens (primary N) is 1. The van der Waals surface area contributed by atoms with E-state index >= 15 is 0 Å². The van der Waals surface area contributed by atoms with E-state index in [0.717, 1.165) is 37.6 Å². The minimum absolute atomic E-state index is 0. The summed E-state index contributed by atoms with van der Waals surface area (Å²) in [6.07, 6.45) is 3.05. The summed E-state index contributed by atoms with van der Waals surface area (Å²) < 4.78 is 0. The lowest BCUT2D eigenvalue weighted by atomic mass is 10.1. The van der Waals surface area contributed by atoms with Gasteiger partial charge in [0.15, 0.2) is 5.96 Å². The van der Waals surface area contributed by atoms with Crippen molar-refractivity contribution in [3.63, 3.8) is 0 Å². The minimum atomic E-state index is 0. The van der Waals surface area contributed by atoms with Crippen LogP contribution in [-0.4, -0.2) is 48.3 Å². The third kappa shape index (κ3) is 5.73. The molecule has 1 fully saturated rings. The van der Waals surface area contributed by atoms with Crippen molar-refractivity contribution in [2.24, 2.45) is 10.7 Å². The summed E-state index contributed by atoms with van der Waals surface area (Å²) in [4.78, 5) is 7.98. The second-order valence-corrected chi connectivity index (χ2v) is 6.54. The molecule has 1 heterocycles. The zero-order chi connectivity index (χ0) is 13.5. The zero-order valence-electron chi connectivity index (χ0n) is 11.7. The van der Waals surface area contributed by atoms with E-state index in [1.165, 1.54) is 10.5 Å². The Morgan fingerprint density at radius 3 is 2.55 bits per heavy atom. The molecule has 0 atom stereocenters. The molecule has 0 spiro atoms. The Morgan fingerprint density at radius 1 is 1.30 bits per heavy atom. The minimum Gasteiger partial charge on any atom is -0.370 e. The van der Waals surface area contributed by atoms with Gasteiger partial charge in [-0.1, -0.05) is 12.1 Å². The molecule has 3 nitrogen and oxygen atoms in total. The van der Waals surface area contributed by atoms with Crippen LogP contribution in [0, 0.1) is 0 Å². The monoisotopic (exact) mass is 423 g/mol. The Kier molecular flexibility index (Phi) is 8.79. The van der Waals surface area contributed by atoms with Crippen molar-refractivity contribution < 1.29 is 0 Å². The second kappa shape index (κ2) is 9.78. The van der Waals surface area contributed by atoms with E-state index in [-0.39, 0.29) is 24.0 Å².